The molecule has 4 rings (SSSR count). The Morgan fingerprint density at radius 3 is 2.00 bits per heavy atom. The number of alkyl carbamates (subject to hydrolysis) is 1. The van der Waals surface area contributed by atoms with Gasteiger partial charge in [0.2, 0.25) is 5.96 Å². The van der Waals surface area contributed by atoms with Crippen molar-refractivity contribution in [1.29, 1.82) is 0 Å². The molecule has 0 spiro atoms. The molecule has 9 heteroatoms. The summed E-state index contributed by atoms with van der Waals surface area (Å²) in [5.74, 6) is -0.577. The predicted molar refractivity (Wildman–Crippen MR) is 160 cm³/mol. The number of amides is 2. The largest absolute Gasteiger partial charge is 0.444 e. The topological polar surface area (TPSA) is 92.7 Å². The van der Waals surface area contributed by atoms with Gasteiger partial charge in [0.1, 0.15) is 5.60 Å². The number of benzene rings is 3. The lowest BCUT2D eigenvalue weighted by molar-refractivity contribution is 0.0561. The van der Waals surface area contributed by atoms with Crippen LogP contribution < -0.4 is 10.6 Å². The van der Waals surface area contributed by atoms with Crippen LogP contribution in [0.2, 0.25) is 10.0 Å². The van der Waals surface area contributed by atoms with Crippen LogP contribution in [0.1, 0.15) is 36.8 Å². The first kappa shape index (κ1) is 28.8. The van der Waals surface area contributed by atoms with Crippen LogP contribution in [-0.2, 0) is 11.3 Å². The second kappa shape index (κ2) is 12.8. The number of carbonyl (C=O) groups is 2. The summed E-state index contributed by atoms with van der Waals surface area (Å²) in [7, 11) is 0. The molecule has 204 valence electrons. The van der Waals surface area contributed by atoms with E-state index in [4.69, 9.17) is 27.9 Å². The molecule has 0 aliphatic carbocycles. The molecule has 2 N–H and O–H groups in total. The molecule has 4 aromatic rings. The SMILES string of the molecule is CC(C)(C)OC(=O)NC(=NC(=O)c1ccccc1)NCc1cc(-c2ccc(Cl)cc2)c(-c2ccc(Cl)cc2)cn1. The summed E-state index contributed by atoms with van der Waals surface area (Å²) in [5, 5.41) is 6.83. The highest BCUT2D eigenvalue weighted by Crippen LogP contribution is 2.33. The third-order valence-corrected chi connectivity index (χ3v) is 6.07. The van der Waals surface area contributed by atoms with Gasteiger partial charge in [-0.3, -0.25) is 15.1 Å². The molecule has 40 heavy (non-hydrogen) atoms. The summed E-state index contributed by atoms with van der Waals surface area (Å²) in [4.78, 5) is 34.0. The molecule has 1 heterocycles. The molecule has 0 unspecified atom stereocenters. The highest BCUT2D eigenvalue weighted by atomic mass is 35.5. The van der Waals surface area contributed by atoms with Crippen molar-refractivity contribution in [3.8, 4) is 22.3 Å². The summed E-state index contributed by atoms with van der Waals surface area (Å²) in [5.41, 5.74) is 4.01. The summed E-state index contributed by atoms with van der Waals surface area (Å²) in [6, 6.07) is 25.5. The van der Waals surface area contributed by atoms with Crippen molar-refractivity contribution in [1.82, 2.24) is 15.6 Å². The summed E-state index contributed by atoms with van der Waals surface area (Å²) >= 11 is 12.2. The van der Waals surface area contributed by atoms with Gasteiger partial charge in [-0.2, -0.15) is 4.99 Å². The van der Waals surface area contributed by atoms with E-state index in [1.165, 1.54) is 0 Å². The number of nitrogens with one attached hydrogen (secondary N) is 2. The number of ether oxygens (including phenoxy) is 1. The standard InChI is InChI=1S/C31H28Cl2N4O3/c1-31(2,3)40-30(39)37-29(36-28(38)22-7-5-4-6-8-22)35-18-25-17-26(20-9-13-23(32)14-10-20)27(19-34-25)21-11-15-24(33)16-12-21/h4-17,19H,18H2,1-3H3,(H2,35,36,37,38,39). The van der Waals surface area contributed by atoms with Gasteiger partial charge in [0.25, 0.3) is 5.91 Å². The zero-order valence-electron chi connectivity index (χ0n) is 22.2. The van der Waals surface area contributed by atoms with Crippen molar-refractivity contribution >= 4 is 41.2 Å². The molecule has 3 aromatic carbocycles. The van der Waals surface area contributed by atoms with E-state index in [-0.39, 0.29) is 12.5 Å². The minimum absolute atomic E-state index is 0.0558. The average molecular weight is 575 g/mol. The van der Waals surface area contributed by atoms with Gasteiger partial charge in [-0.05, 0) is 79.9 Å². The van der Waals surface area contributed by atoms with Crippen LogP contribution in [0.15, 0.2) is 96.1 Å². The van der Waals surface area contributed by atoms with E-state index in [1.54, 1.807) is 57.3 Å². The van der Waals surface area contributed by atoms with E-state index in [9.17, 15) is 9.59 Å². The van der Waals surface area contributed by atoms with Gasteiger partial charge in [-0.1, -0.05) is 65.7 Å². The van der Waals surface area contributed by atoms with Crippen LogP contribution in [0.3, 0.4) is 0 Å². The van der Waals surface area contributed by atoms with Crippen molar-refractivity contribution in [2.75, 3.05) is 0 Å². The molecule has 0 fully saturated rings. The van der Waals surface area contributed by atoms with E-state index < -0.39 is 17.6 Å². The maximum atomic E-state index is 12.8. The first-order valence-corrected chi connectivity index (χ1v) is 13.3. The Balaban J connectivity index is 1.64. The highest BCUT2D eigenvalue weighted by molar-refractivity contribution is 6.31. The van der Waals surface area contributed by atoms with Crippen molar-refractivity contribution < 1.29 is 14.3 Å². The Hall–Kier alpha value is -4.20. The molecule has 1 aromatic heterocycles. The number of aliphatic imine (C=N–C) groups is 1. The van der Waals surface area contributed by atoms with Crippen LogP contribution in [0.4, 0.5) is 4.79 Å². The van der Waals surface area contributed by atoms with E-state index in [1.807, 2.05) is 54.6 Å². The lowest BCUT2D eigenvalue weighted by Gasteiger charge is -2.20. The first-order valence-electron chi connectivity index (χ1n) is 12.5. The predicted octanol–water partition coefficient (Wildman–Crippen LogP) is 7.53. The number of hydrogen-bond donors (Lipinski definition) is 2. The Morgan fingerprint density at radius 2 is 1.43 bits per heavy atom. The number of nitrogens with zero attached hydrogens (tertiary/aromatic N) is 2. The molecule has 0 saturated carbocycles. The Morgan fingerprint density at radius 1 is 0.850 bits per heavy atom. The minimum atomic E-state index is -0.743. The van der Waals surface area contributed by atoms with Crippen molar-refractivity contribution in [2.24, 2.45) is 4.99 Å². The molecular weight excluding hydrogens is 547 g/mol. The van der Waals surface area contributed by atoms with E-state index >= 15 is 0 Å². The summed E-state index contributed by atoms with van der Waals surface area (Å²) in [6.45, 7) is 5.40. The molecular formula is C31H28Cl2N4O3. The maximum absolute atomic E-state index is 12.8. The fourth-order valence-electron chi connectivity index (χ4n) is 3.76. The first-order chi connectivity index (χ1) is 19.1. The Kier molecular flexibility index (Phi) is 9.19. The molecule has 0 aliphatic rings. The van der Waals surface area contributed by atoms with E-state index in [0.29, 0.717) is 21.3 Å². The van der Waals surface area contributed by atoms with Gasteiger partial charge in [-0.25, -0.2) is 4.79 Å². The normalized spacial score (nSPS) is 11.6. The Bertz CT molecular complexity index is 1520. The van der Waals surface area contributed by atoms with Gasteiger partial charge < -0.3 is 10.1 Å². The number of halogens is 2. The van der Waals surface area contributed by atoms with Crippen molar-refractivity contribution in [3.05, 3.63) is 112 Å². The zero-order chi connectivity index (χ0) is 28.7. The van der Waals surface area contributed by atoms with Gasteiger partial charge in [-0.15, -0.1) is 0 Å². The number of guanidine groups is 1. The molecule has 0 bridgehead atoms. The minimum Gasteiger partial charge on any atom is -0.444 e. The van der Waals surface area contributed by atoms with E-state index in [2.05, 4.69) is 20.6 Å². The molecule has 0 saturated heterocycles. The second-order valence-corrected chi connectivity index (χ2v) is 10.7. The fourth-order valence-corrected chi connectivity index (χ4v) is 4.01. The lowest BCUT2D eigenvalue weighted by atomic mass is 9.95. The number of pyridine rings is 1. The highest BCUT2D eigenvalue weighted by Gasteiger charge is 2.19. The van der Waals surface area contributed by atoms with Crippen molar-refractivity contribution in [2.45, 2.75) is 32.9 Å². The number of aromatic nitrogens is 1. The van der Waals surface area contributed by atoms with Gasteiger partial charge >= 0.3 is 6.09 Å². The summed E-state index contributed by atoms with van der Waals surface area (Å²) < 4.78 is 5.35. The molecule has 7 nitrogen and oxygen atoms in total. The van der Waals surface area contributed by atoms with Gasteiger partial charge in [0, 0.05) is 27.4 Å². The van der Waals surface area contributed by atoms with Crippen molar-refractivity contribution in [3.63, 3.8) is 0 Å². The Labute approximate surface area is 243 Å². The molecule has 0 atom stereocenters. The third-order valence-electron chi connectivity index (χ3n) is 5.56. The third kappa shape index (κ3) is 8.15. The molecule has 2 amide bonds. The molecule has 0 aliphatic heterocycles. The van der Waals surface area contributed by atoms with E-state index in [0.717, 1.165) is 22.3 Å². The number of hydrogen-bond acceptors (Lipinski definition) is 4. The van der Waals surface area contributed by atoms with Crippen LogP contribution in [-0.4, -0.2) is 28.5 Å². The van der Waals surface area contributed by atoms with Crippen LogP contribution >= 0.6 is 23.2 Å². The lowest BCUT2D eigenvalue weighted by Crippen LogP contribution is -2.43. The smallest absolute Gasteiger partial charge is 0.414 e. The summed E-state index contributed by atoms with van der Waals surface area (Å²) in [6.07, 6.45) is 1.03. The number of rotatable bonds is 5. The second-order valence-electron chi connectivity index (χ2n) is 9.85. The van der Waals surface area contributed by atoms with Crippen LogP contribution in [0.25, 0.3) is 22.3 Å². The van der Waals surface area contributed by atoms with Crippen LogP contribution in [0.5, 0.6) is 0 Å². The van der Waals surface area contributed by atoms with Crippen LogP contribution in [0, 0.1) is 0 Å². The monoisotopic (exact) mass is 574 g/mol. The quantitative estimate of drug-likeness (QED) is 0.190. The van der Waals surface area contributed by atoms with Gasteiger partial charge in [0.05, 0.1) is 12.2 Å². The van der Waals surface area contributed by atoms with Gasteiger partial charge in [0.15, 0.2) is 0 Å². The number of carbonyl (C=O) groups excluding carboxylic acids is 2. The average Bonchev–Trinajstić information content (AvgIpc) is 2.92. The fraction of sp³-hybridized carbons (Fsp3) is 0.161. The molecule has 0 radical (unpaired) electrons. The maximum Gasteiger partial charge on any atom is 0.414 e. The zero-order valence-corrected chi connectivity index (χ0v) is 23.8.